The number of nitrogens with one attached hydrogen (secondary N) is 1. The van der Waals surface area contributed by atoms with Crippen LogP contribution in [0.5, 0.6) is 0 Å². The number of rotatable bonds is 5. The molecule has 0 aliphatic carbocycles. The molecule has 1 aliphatic rings. The van der Waals surface area contributed by atoms with Gasteiger partial charge >= 0.3 is 0 Å². The smallest absolute Gasteiger partial charge is 0.251 e. The summed E-state index contributed by atoms with van der Waals surface area (Å²) in [7, 11) is 0. The fraction of sp³-hybridized carbons (Fsp3) is 0.192. The number of fused-ring (bicyclic) bond motifs is 1. The van der Waals surface area contributed by atoms with Crippen LogP contribution in [-0.2, 0) is 4.79 Å². The Balaban J connectivity index is 1.20. The number of hydrogen-bond acceptors (Lipinski definition) is 5. The average Bonchev–Trinajstić information content (AvgIpc) is 3.31. The van der Waals surface area contributed by atoms with Crippen LogP contribution in [-0.4, -0.2) is 54.6 Å². The van der Waals surface area contributed by atoms with Crippen LogP contribution in [0.15, 0.2) is 77.3 Å². The first kappa shape index (κ1) is 21.6. The van der Waals surface area contributed by atoms with E-state index in [1.807, 2.05) is 35.2 Å². The highest BCUT2D eigenvalue weighted by Gasteiger charge is 2.23. The quantitative estimate of drug-likeness (QED) is 0.493. The van der Waals surface area contributed by atoms with E-state index in [0.717, 1.165) is 10.9 Å². The van der Waals surface area contributed by atoms with Gasteiger partial charge in [0.25, 0.3) is 5.91 Å². The molecule has 172 valence electrons. The Morgan fingerprint density at radius 2 is 1.68 bits per heavy atom. The largest absolute Gasteiger partial charge is 0.366 e. The molecule has 3 aromatic carbocycles. The second-order valence-corrected chi connectivity index (χ2v) is 8.11. The van der Waals surface area contributed by atoms with Crippen LogP contribution in [0.1, 0.15) is 10.4 Å². The summed E-state index contributed by atoms with van der Waals surface area (Å²) in [4.78, 5) is 29.0. The maximum absolute atomic E-state index is 14.0. The second-order valence-electron chi connectivity index (χ2n) is 8.11. The zero-order valence-corrected chi connectivity index (χ0v) is 18.4. The Morgan fingerprint density at radius 3 is 2.44 bits per heavy atom. The Morgan fingerprint density at radius 1 is 0.941 bits per heavy atom. The van der Waals surface area contributed by atoms with E-state index in [1.54, 1.807) is 41.3 Å². The van der Waals surface area contributed by atoms with Gasteiger partial charge in [0, 0.05) is 37.3 Å². The van der Waals surface area contributed by atoms with Gasteiger partial charge in [-0.25, -0.2) is 4.39 Å². The van der Waals surface area contributed by atoms with Crippen molar-refractivity contribution in [3.8, 4) is 11.3 Å². The summed E-state index contributed by atoms with van der Waals surface area (Å²) in [5.41, 5.74) is 2.48. The lowest BCUT2D eigenvalue weighted by Crippen LogP contribution is -2.51. The zero-order chi connectivity index (χ0) is 23.5. The number of hydrogen-bond donors (Lipinski definition) is 1. The SMILES string of the molecule is O=C(NCC(=O)N1CCN(c2ccccc2F)CC1)c1ccc2noc(-c3ccccc3)c2c1. The van der Waals surface area contributed by atoms with Crippen molar-refractivity contribution in [1.29, 1.82) is 0 Å². The van der Waals surface area contributed by atoms with Gasteiger partial charge < -0.3 is 19.6 Å². The van der Waals surface area contributed by atoms with E-state index in [0.29, 0.717) is 48.7 Å². The minimum absolute atomic E-state index is 0.105. The first-order chi connectivity index (χ1) is 16.6. The highest BCUT2D eigenvalue weighted by atomic mass is 19.1. The number of amides is 2. The number of halogens is 1. The van der Waals surface area contributed by atoms with E-state index in [9.17, 15) is 14.0 Å². The van der Waals surface area contributed by atoms with Gasteiger partial charge in [0.05, 0.1) is 17.6 Å². The topological polar surface area (TPSA) is 78.7 Å². The minimum atomic E-state index is -0.347. The Kier molecular flexibility index (Phi) is 5.95. The van der Waals surface area contributed by atoms with Crippen molar-refractivity contribution in [3.63, 3.8) is 0 Å². The van der Waals surface area contributed by atoms with Crippen LogP contribution >= 0.6 is 0 Å². The number of benzene rings is 3. The summed E-state index contributed by atoms with van der Waals surface area (Å²) in [6, 6.07) is 21.3. The van der Waals surface area contributed by atoms with Crippen molar-refractivity contribution < 1.29 is 18.5 Å². The lowest BCUT2D eigenvalue weighted by atomic mass is 10.1. The maximum Gasteiger partial charge on any atom is 0.251 e. The number of para-hydroxylation sites is 1. The molecule has 1 aromatic heterocycles. The molecule has 4 aromatic rings. The van der Waals surface area contributed by atoms with E-state index in [-0.39, 0.29) is 24.2 Å². The molecule has 8 heteroatoms. The molecule has 7 nitrogen and oxygen atoms in total. The third kappa shape index (κ3) is 4.34. The molecule has 2 heterocycles. The summed E-state index contributed by atoms with van der Waals surface area (Å²) in [6.45, 7) is 1.90. The van der Waals surface area contributed by atoms with Crippen LogP contribution in [0.4, 0.5) is 10.1 Å². The number of carbonyl (C=O) groups excluding carboxylic acids is 2. The molecule has 0 radical (unpaired) electrons. The van der Waals surface area contributed by atoms with Crippen molar-refractivity contribution in [1.82, 2.24) is 15.4 Å². The van der Waals surface area contributed by atoms with Crippen LogP contribution < -0.4 is 10.2 Å². The third-order valence-electron chi connectivity index (χ3n) is 6.00. The molecule has 1 aliphatic heterocycles. The van der Waals surface area contributed by atoms with Gasteiger partial charge in [-0.05, 0) is 30.3 Å². The first-order valence-electron chi connectivity index (χ1n) is 11.1. The van der Waals surface area contributed by atoms with Crippen LogP contribution in [0.3, 0.4) is 0 Å². The van der Waals surface area contributed by atoms with Crippen molar-refractivity contribution in [2.24, 2.45) is 0 Å². The summed E-state index contributed by atoms with van der Waals surface area (Å²) >= 11 is 0. The monoisotopic (exact) mass is 458 g/mol. The van der Waals surface area contributed by atoms with E-state index in [1.165, 1.54) is 6.07 Å². The van der Waals surface area contributed by atoms with Crippen molar-refractivity contribution in [2.45, 2.75) is 0 Å². The summed E-state index contributed by atoms with van der Waals surface area (Å²) < 4.78 is 19.5. The predicted octanol–water partition coefficient (Wildman–Crippen LogP) is 3.71. The number of anilines is 1. The van der Waals surface area contributed by atoms with Crippen molar-refractivity contribution in [2.75, 3.05) is 37.6 Å². The highest BCUT2D eigenvalue weighted by molar-refractivity contribution is 6.02. The van der Waals surface area contributed by atoms with Crippen LogP contribution in [0, 0.1) is 5.82 Å². The number of carbonyl (C=O) groups is 2. The van der Waals surface area contributed by atoms with Gasteiger partial charge in [-0.3, -0.25) is 9.59 Å². The second kappa shape index (κ2) is 9.35. The molecule has 0 spiro atoms. The van der Waals surface area contributed by atoms with Crippen molar-refractivity contribution >= 4 is 28.4 Å². The zero-order valence-electron chi connectivity index (χ0n) is 18.4. The Hall–Kier alpha value is -4.20. The maximum atomic E-state index is 14.0. The molecular weight excluding hydrogens is 435 g/mol. The highest BCUT2D eigenvalue weighted by Crippen LogP contribution is 2.29. The Labute approximate surface area is 195 Å². The number of aromatic nitrogens is 1. The average molecular weight is 458 g/mol. The summed E-state index contributed by atoms with van der Waals surface area (Å²) in [5, 5.41) is 7.51. The number of piperazine rings is 1. The van der Waals surface area contributed by atoms with Gasteiger partial charge in [-0.2, -0.15) is 0 Å². The lowest BCUT2D eigenvalue weighted by molar-refractivity contribution is -0.130. The van der Waals surface area contributed by atoms with Gasteiger partial charge in [0.2, 0.25) is 5.91 Å². The minimum Gasteiger partial charge on any atom is -0.366 e. The third-order valence-corrected chi connectivity index (χ3v) is 6.00. The molecule has 2 amide bonds. The Bertz CT molecular complexity index is 1330. The standard InChI is InChI=1S/C26H23FN4O3/c27-21-8-4-5-9-23(21)30-12-14-31(15-13-30)24(32)17-28-26(33)19-10-11-22-20(16-19)25(34-29-22)18-6-2-1-3-7-18/h1-11,16H,12-15,17H2,(H,28,33). The predicted molar refractivity (Wildman–Crippen MR) is 127 cm³/mol. The summed E-state index contributed by atoms with van der Waals surface area (Å²) in [6.07, 6.45) is 0. The van der Waals surface area contributed by atoms with Gasteiger partial charge in [0.15, 0.2) is 5.76 Å². The molecule has 1 fully saturated rings. The first-order valence-corrected chi connectivity index (χ1v) is 11.1. The van der Waals surface area contributed by atoms with Gasteiger partial charge in [-0.15, -0.1) is 0 Å². The van der Waals surface area contributed by atoms with Gasteiger partial charge in [-0.1, -0.05) is 47.6 Å². The molecule has 1 N–H and O–H groups in total. The van der Waals surface area contributed by atoms with E-state index >= 15 is 0 Å². The molecule has 0 atom stereocenters. The molecule has 0 bridgehead atoms. The fourth-order valence-electron chi connectivity index (χ4n) is 4.16. The molecule has 34 heavy (non-hydrogen) atoms. The van der Waals surface area contributed by atoms with Crippen LogP contribution in [0.25, 0.3) is 22.2 Å². The van der Waals surface area contributed by atoms with Crippen molar-refractivity contribution in [3.05, 3.63) is 84.2 Å². The fourth-order valence-corrected chi connectivity index (χ4v) is 4.16. The van der Waals surface area contributed by atoms with E-state index in [4.69, 9.17) is 4.52 Å². The molecule has 0 saturated carbocycles. The molecular formula is C26H23FN4O3. The normalized spacial score (nSPS) is 13.8. The molecule has 0 unspecified atom stereocenters. The van der Waals surface area contributed by atoms with Crippen LogP contribution in [0.2, 0.25) is 0 Å². The number of nitrogens with zero attached hydrogens (tertiary/aromatic N) is 3. The molecule has 5 rings (SSSR count). The van der Waals surface area contributed by atoms with E-state index in [2.05, 4.69) is 10.5 Å². The van der Waals surface area contributed by atoms with Gasteiger partial charge in [0.1, 0.15) is 11.3 Å². The lowest BCUT2D eigenvalue weighted by Gasteiger charge is -2.36. The molecule has 1 saturated heterocycles. The van der Waals surface area contributed by atoms with E-state index < -0.39 is 0 Å². The summed E-state index contributed by atoms with van der Waals surface area (Å²) in [5.74, 6) is -0.193.